The van der Waals surface area contributed by atoms with E-state index in [9.17, 15) is 14.4 Å². The van der Waals surface area contributed by atoms with Crippen LogP contribution in [0.2, 0.25) is 0 Å². The molecule has 3 heterocycles. The quantitative estimate of drug-likeness (QED) is 0.594. The smallest absolute Gasteiger partial charge is 0.336 e. The van der Waals surface area contributed by atoms with Crippen LogP contribution in [0, 0.1) is 0 Å². The number of nitrogens with zero attached hydrogens (tertiary/aromatic N) is 2. The SMILES string of the molecule is COC(=O)C1=C(c2ccc(C(C)=O)cc2)CC2CCC1N2C(=O)N1CCCC1. The van der Waals surface area contributed by atoms with E-state index in [-0.39, 0.29) is 29.9 Å². The van der Waals surface area contributed by atoms with Crippen LogP contribution in [0.15, 0.2) is 29.8 Å². The van der Waals surface area contributed by atoms with Crippen LogP contribution in [0.4, 0.5) is 4.79 Å². The predicted octanol–water partition coefficient (Wildman–Crippen LogP) is 3.27. The Morgan fingerprint density at radius 1 is 1.04 bits per heavy atom. The minimum atomic E-state index is -0.366. The van der Waals surface area contributed by atoms with Gasteiger partial charge in [-0.25, -0.2) is 9.59 Å². The van der Waals surface area contributed by atoms with E-state index in [0.717, 1.165) is 49.9 Å². The molecule has 0 aliphatic carbocycles. The Labute approximate surface area is 165 Å². The maximum atomic E-state index is 13.1. The van der Waals surface area contributed by atoms with Gasteiger partial charge in [-0.1, -0.05) is 24.3 Å². The molecule has 4 rings (SSSR count). The number of hydrogen-bond donors (Lipinski definition) is 0. The molecule has 0 radical (unpaired) electrons. The summed E-state index contributed by atoms with van der Waals surface area (Å²) in [6.07, 6.45) is 4.40. The number of rotatable bonds is 3. The van der Waals surface area contributed by atoms with Gasteiger partial charge in [0.25, 0.3) is 0 Å². The van der Waals surface area contributed by atoms with E-state index in [1.165, 1.54) is 14.0 Å². The Kier molecular flexibility index (Phi) is 4.96. The molecule has 0 saturated carbocycles. The summed E-state index contributed by atoms with van der Waals surface area (Å²) < 4.78 is 5.11. The van der Waals surface area contributed by atoms with Crippen LogP contribution in [0.5, 0.6) is 0 Å². The van der Waals surface area contributed by atoms with Gasteiger partial charge >= 0.3 is 12.0 Å². The first-order valence-corrected chi connectivity index (χ1v) is 10.0. The van der Waals surface area contributed by atoms with Gasteiger partial charge in [0, 0.05) is 24.7 Å². The highest BCUT2D eigenvalue weighted by atomic mass is 16.5. The van der Waals surface area contributed by atoms with Crippen molar-refractivity contribution in [2.75, 3.05) is 20.2 Å². The van der Waals surface area contributed by atoms with E-state index >= 15 is 0 Å². The Morgan fingerprint density at radius 3 is 2.32 bits per heavy atom. The molecule has 2 unspecified atom stereocenters. The number of Topliss-reactive ketones (excluding diaryl/α,β-unsaturated/α-hetero) is 1. The molecule has 2 fully saturated rings. The molecular weight excluding hydrogens is 356 g/mol. The highest BCUT2D eigenvalue weighted by Gasteiger charge is 2.47. The molecule has 2 atom stereocenters. The fraction of sp³-hybridized carbons (Fsp3) is 0.500. The van der Waals surface area contributed by atoms with Crippen molar-refractivity contribution in [1.29, 1.82) is 0 Å². The third-order valence-corrected chi connectivity index (χ3v) is 6.24. The fourth-order valence-electron chi connectivity index (χ4n) is 4.82. The van der Waals surface area contributed by atoms with Gasteiger partial charge in [-0.05, 0) is 50.2 Å². The zero-order valence-electron chi connectivity index (χ0n) is 16.4. The van der Waals surface area contributed by atoms with E-state index in [0.29, 0.717) is 17.6 Å². The van der Waals surface area contributed by atoms with Gasteiger partial charge in [-0.2, -0.15) is 0 Å². The second-order valence-corrected chi connectivity index (χ2v) is 7.85. The number of urea groups is 1. The summed E-state index contributed by atoms with van der Waals surface area (Å²) in [7, 11) is 1.39. The summed E-state index contributed by atoms with van der Waals surface area (Å²) in [4.78, 5) is 41.2. The van der Waals surface area contributed by atoms with E-state index in [2.05, 4.69) is 0 Å². The molecule has 0 aromatic heterocycles. The van der Waals surface area contributed by atoms with Crippen LogP contribution in [-0.2, 0) is 9.53 Å². The average molecular weight is 382 g/mol. The number of amides is 2. The van der Waals surface area contributed by atoms with Crippen LogP contribution < -0.4 is 0 Å². The van der Waals surface area contributed by atoms with Gasteiger partial charge in [0.15, 0.2) is 5.78 Å². The highest BCUT2D eigenvalue weighted by Crippen LogP contribution is 2.44. The summed E-state index contributed by atoms with van der Waals surface area (Å²) >= 11 is 0. The molecule has 3 aliphatic rings. The number of methoxy groups -OCH3 is 1. The molecule has 2 saturated heterocycles. The molecule has 2 bridgehead atoms. The van der Waals surface area contributed by atoms with Gasteiger partial charge in [-0.3, -0.25) is 4.79 Å². The molecule has 1 aromatic rings. The lowest BCUT2D eigenvalue weighted by atomic mass is 9.88. The molecule has 6 heteroatoms. The largest absolute Gasteiger partial charge is 0.466 e. The highest BCUT2D eigenvalue weighted by molar-refractivity contribution is 6.01. The molecule has 1 aromatic carbocycles. The number of ketones is 1. The topological polar surface area (TPSA) is 66.9 Å². The van der Waals surface area contributed by atoms with Crippen LogP contribution in [-0.4, -0.2) is 59.9 Å². The first kappa shape index (κ1) is 18.7. The molecule has 6 nitrogen and oxygen atoms in total. The standard InChI is InChI=1S/C22H26N2O4/c1-14(25)15-5-7-16(8-6-15)18-13-17-9-10-19(20(18)21(26)28-2)24(17)22(27)23-11-3-4-12-23/h5-8,17,19H,3-4,9-13H2,1-2H3. The summed E-state index contributed by atoms with van der Waals surface area (Å²) in [5.74, 6) is -0.352. The maximum absolute atomic E-state index is 13.1. The third kappa shape index (κ3) is 3.11. The second kappa shape index (κ2) is 7.41. The summed E-state index contributed by atoms with van der Waals surface area (Å²) in [6, 6.07) is 7.30. The number of carbonyl (C=O) groups excluding carboxylic acids is 3. The Morgan fingerprint density at radius 2 is 1.71 bits per heavy atom. The average Bonchev–Trinajstić information content (AvgIpc) is 3.34. The number of likely N-dealkylation sites (tertiary alicyclic amines) is 1. The van der Waals surface area contributed by atoms with Crippen LogP contribution >= 0.6 is 0 Å². The molecular formula is C22H26N2O4. The Hall–Kier alpha value is -2.63. The summed E-state index contributed by atoms with van der Waals surface area (Å²) in [6.45, 7) is 3.13. The lowest BCUT2D eigenvalue weighted by molar-refractivity contribution is -0.136. The monoisotopic (exact) mass is 382 g/mol. The van der Waals surface area contributed by atoms with Crippen molar-refractivity contribution >= 4 is 23.4 Å². The van der Waals surface area contributed by atoms with Crippen molar-refractivity contribution in [2.45, 2.75) is 51.1 Å². The third-order valence-electron chi connectivity index (χ3n) is 6.24. The number of hydrogen-bond acceptors (Lipinski definition) is 4. The zero-order valence-corrected chi connectivity index (χ0v) is 16.4. The van der Waals surface area contributed by atoms with Crippen molar-refractivity contribution < 1.29 is 19.1 Å². The van der Waals surface area contributed by atoms with Gasteiger partial charge in [-0.15, -0.1) is 0 Å². The Balaban J connectivity index is 1.72. The van der Waals surface area contributed by atoms with Crippen molar-refractivity contribution in [1.82, 2.24) is 9.80 Å². The van der Waals surface area contributed by atoms with E-state index in [1.807, 2.05) is 21.9 Å². The van der Waals surface area contributed by atoms with Crippen molar-refractivity contribution in [3.63, 3.8) is 0 Å². The fourth-order valence-corrected chi connectivity index (χ4v) is 4.82. The molecule has 2 amide bonds. The lowest BCUT2D eigenvalue weighted by Gasteiger charge is -2.39. The van der Waals surface area contributed by atoms with E-state index in [4.69, 9.17) is 4.74 Å². The van der Waals surface area contributed by atoms with Gasteiger partial charge in [0.05, 0.1) is 18.7 Å². The Bertz CT molecular complexity index is 837. The normalized spacial score (nSPS) is 23.9. The van der Waals surface area contributed by atoms with Gasteiger partial charge in [0.2, 0.25) is 0 Å². The van der Waals surface area contributed by atoms with Crippen LogP contribution in [0.3, 0.4) is 0 Å². The predicted molar refractivity (Wildman–Crippen MR) is 105 cm³/mol. The molecule has 28 heavy (non-hydrogen) atoms. The second-order valence-electron chi connectivity index (χ2n) is 7.85. The zero-order chi connectivity index (χ0) is 19.8. The van der Waals surface area contributed by atoms with Crippen molar-refractivity contribution in [3.05, 3.63) is 41.0 Å². The molecule has 148 valence electrons. The lowest BCUT2D eigenvalue weighted by Crippen LogP contribution is -2.51. The van der Waals surface area contributed by atoms with Crippen LogP contribution in [0.1, 0.15) is 54.9 Å². The van der Waals surface area contributed by atoms with E-state index in [1.54, 1.807) is 12.1 Å². The maximum Gasteiger partial charge on any atom is 0.336 e. The van der Waals surface area contributed by atoms with Crippen molar-refractivity contribution in [2.24, 2.45) is 0 Å². The minimum absolute atomic E-state index is 0.0137. The van der Waals surface area contributed by atoms with Crippen LogP contribution in [0.25, 0.3) is 5.57 Å². The van der Waals surface area contributed by atoms with Gasteiger partial charge in [0.1, 0.15) is 0 Å². The van der Waals surface area contributed by atoms with Gasteiger partial charge < -0.3 is 14.5 Å². The number of esters is 1. The summed E-state index contributed by atoms with van der Waals surface area (Å²) in [5.41, 5.74) is 3.11. The number of fused-ring (bicyclic) bond motifs is 2. The minimum Gasteiger partial charge on any atom is -0.466 e. The first-order chi connectivity index (χ1) is 13.5. The number of carbonyl (C=O) groups is 3. The van der Waals surface area contributed by atoms with E-state index < -0.39 is 0 Å². The molecule has 3 aliphatic heterocycles. The van der Waals surface area contributed by atoms with Crippen molar-refractivity contribution in [3.8, 4) is 0 Å². The molecule has 0 spiro atoms. The first-order valence-electron chi connectivity index (χ1n) is 10.0. The molecule has 0 N–H and O–H groups in total. The number of benzene rings is 1. The number of ether oxygens (including phenoxy) is 1. The summed E-state index contributed by atoms with van der Waals surface area (Å²) in [5, 5.41) is 0.